The minimum atomic E-state index is -0.328. The smallest absolute Gasteiger partial charge is 0.303 e. The second kappa shape index (κ2) is 10.2. The fraction of sp³-hybridized carbons (Fsp3) is 0.500. The van der Waals surface area contributed by atoms with Gasteiger partial charge in [-0.3, -0.25) is 4.79 Å². The quantitative estimate of drug-likeness (QED) is 0.621. The molecule has 0 saturated heterocycles. The molecule has 2 heteroatoms. The predicted octanol–water partition coefficient (Wildman–Crippen LogP) is 4.06. The summed E-state index contributed by atoms with van der Waals surface area (Å²) in [6, 6.07) is 12.0. The van der Waals surface area contributed by atoms with Gasteiger partial charge in [-0.05, 0) is 20.8 Å². The van der Waals surface area contributed by atoms with Crippen molar-refractivity contribution < 1.29 is 9.53 Å². The normalized spacial score (nSPS) is 8.88. The summed E-state index contributed by atoms with van der Waals surface area (Å²) in [6.07, 6.45) is 0. The molecule has 0 heterocycles. The lowest BCUT2D eigenvalue weighted by atomic mass is 10.2. The van der Waals surface area contributed by atoms with E-state index in [2.05, 4.69) is 0 Å². The molecule has 1 rings (SSSR count). The molecule has 0 amide bonds. The summed E-state index contributed by atoms with van der Waals surface area (Å²) in [4.78, 5) is 10.2. The molecular formula is C14H24O2. The van der Waals surface area contributed by atoms with E-state index in [1.807, 2.05) is 71.0 Å². The number of ether oxygens (including phenoxy) is 1. The molecule has 1 aromatic carbocycles. The molecule has 0 radical (unpaired) electrons. The number of rotatable bonds is 0. The maximum absolute atomic E-state index is 10.2. The monoisotopic (exact) mass is 224 g/mol. The third-order valence-electron chi connectivity index (χ3n) is 1.12. The summed E-state index contributed by atoms with van der Waals surface area (Å²) >= 11 is 0. The van der Waals surface area contributed by atoms with Gasteiger partial charge in [-0.25, -0.2) is 0 Å². The zero-order valence-electron chi connectivity index (χ0n) is 11.3. The summed E-state index contributed by atoms with van der Waals surface area (Å²) in [5, 5.41) is 0. The van der Waals surface area contributed by atoms with Crippen molar-refractivity contribution in [1.82, 2.24) is 0 Å². The van der Waals surface area contributed by atoms with Gasteiger partial charge in [0.2, 0.25) is 0 Å². The minimum absolute atomic E-state index is 0.225. The largest absolute Gasteiger partial charge is 0.460 e. The Hall–Kier alpha value is -1.31. The first kappa shape index (κ1) is 17.1. The number of carbonyl (C=O) groups is 1. The average molecular weight is 224 g/mol. The third kappa shape index (κ3) is 18.5. The van der Waals surface area contributed by atoms with Crippen LogP contribution < -0.4 is 0 Å². The highest BCUT2D eigenvalue weighted by molar-refractivity contribution is 5.66. The van der Waals surface area contributed by atoms with Crippen molar-refractivity contribution in [3.05, 3.63) is 36.4 Å². The molecule has 0 aliphatic heterocycles. The van der Waals surface area contributed by atoms with E-state index in [1.165, 1.54) is 6.92 Å². The lowest BCUT2D eigenvalue weighted by molar-refractivity contribution is -0.151. The van der Waals surface area contributed by atoms with E-state index in [-0.39, 0.29) is 11.6 Å². The van der Waals surface area contributed by atoms with Crippen LogP contribution in [0.3, 0.4) is 0 Å². The van der Waals surface area contributed by atoms with Gasteiger partial charge >= 0.3 is 5.97 Å². The fourth-order valence-electron chi connectivity index (χ4n) is 0.816. The highest BCUT2D eigenvalue weighted by Crippen LogP contribution is 2.05. The van der Waals surface area contributed by atoms with Crippen LogP contribution in [0.15, 0.2) is 36.4 Å². The Kier molecular flexibility index (Phi) is 10.9. The number of benzene rings is 1. The molecule has 0 aromatic heterocycles. The van der Waals surface area contributed by atoms with Crippen molar-refractivity contribution in [2.24, 2.45) is 0 Å². The lowest BCUT2D eigenvalue weighted by Gasteiger charge is -2.17. The zero-order valence-corrected chi connectivity index (χ0v) is 11.3. The SMILES string of the molecule is CC.CC(=O)OC(C)(C)C.c1ccccc1. The Labute approximate surface area is 99.6 Å². The van der Waals surface area contributed by atoms with Crippen LogP contribution in [-0.4, -0.2) is 11.6 Å². The van der Waals surface area contributed by atoms with Crippen LogP contribution in [0.4, 0.5) is 0 Å². The first-order chi connectivity index (χ1) is 7.42. The number of esters is 1. The Bertz CT molecular complexity index is 220. The van der Waals surface area contributed by atoms with Gasteiger partial charge in [0.1, 0.15) is 5.60 Å². The van der Waals surface area contributed by atoms with Crippen molar-refractivity contribution in [1.29, 1.82) is 0 Å². The number of hydrogen-bond donors (Lipinski definition) is 0. The van der Waals surface area contributed by atoms with Gasteiger partial charge in [-0.15, -0.1) is 0 Å². The predicted molar refractivity (Wildman–Crippen MR) is 69.3 cm³/mol. The molecular weight excluding hydrogens is 200 g/mol. The Morgan fingerprint density at radius 2 is 1.12 bits per heavy atom. The molecule has 2 nitrogen and oxygen atoms in total. The van der Waals surface area contributed by atoms with E-state index in [9.17, 15) is 4.79 Å². The highest BCUT2D eigenvalue weighted by Gasteiger charge is 2.11. The van der Waals surface area contributed by atoms with Crippen LogP contribution in [0.5, 0.6) is 0 Å². The van der Waals surface area contributed by atoms with Gasteiger partial charge in [0.05, 0.1) is 0 Å². The van der Waals surface area contributed by atoms with Gasteiger partial charge in [-0.1, -0.05) is 50.2 Å². The summed E-state index contributed by atoms with van der Waals surface area (Å²) in [6.45, 7) is 10.9. The molecule has 0 N–H and O–H groups in total. The summed E-state index contributed by atoms with van der Waals surface area (Å²) in [7, 11) is 0. The topological polar surface area (TPSA) is 26.3 Å². The molecule has 0 aliphatic rings. The molecule has 92 valence electrons. The number of carbonyl (C=O) groups excluding carboxylic acids is 1. The summed E-state index contributed by atoms with van der Waals surface area (Å²) in [5.74, 6) is -0.225. The van der Waals surface area contributed by atoms with E-state index in [0.717, 1.165) is 0 Å². The molecule has 1 aromatic rings. The van der Waals surface area contributed by atoms with E-state index >= 15 is 0 Å². The average Bonchev–Trinajstić information content (AvgIpc) is 2.20. The third-order valence-corrected chi connectivity index (χ3v) is 1.12. The molecule has 0 atom stereocenters. The van der Waals surface area contributed by atoms with Crippen molar-refractivity contribution in [2.75, 3.05) is 0 Å². The minimum Gasteiger partial charge on any atom is -0.460 e. The number of hydrogen-bond acceptors (Lipinski definition) is 2. The van der Waals surface area contributed by atoms with Gasteiger partial charge in [0, 0.05) is 6.92 Å². The van der Waals surface area contributed by atoms with E-state index < -0.39 is 0 Å². The van der Waals surface area contributed by atoms with Crippen molar-refractivity contribution in [2.45, 2.75) is 47.1 Å². The van der Waals surface area contributed by atoms with Crippen molar-refractivity contribution in [3.63, 3.8) is 0 Å². The van der Waals surface area contributed by atoms with E-state index in [0.29, 0.717) is 0 Å². The Balaban J connectivity index is 0. The first-order valence-electron chi connectivity index (χ1n) is 5.61. The van der Waals surface area contributed by atoms with Gasteiger partial charge in [0.25, 0.3) is 0 Å². The van der Waals surface area contributed by atoms with Crippen molar-refractivity contribution >= 4 is 5.97 Å². The second-order valence-corrected chi connectivity index (χ2v) is 3.86. The molecule has 0 bridgehead atoms. The van der Waals surface area contributed by atoms with Gasteiger partial charge in [0.15, 0.2) is 0 Å². The van der Waals surface area contributed by atoms with Crippen LogP contribution in [-0.2, 0) is 9.53 Å². The highest BCUT2D eigenvalue weighted by atomic mass is 16.6. The Morgan fingerprint density at radius 3 is 1.19 bits per heavy atom. The van der Waals surface area contributed by atoms with Crippen LogP contribution in [0.2, 0.25) is 0 Å². The van der Waals surface area contributed by atoms with Crippen LogP contribution in [0.25, 0.3) is 0 Å². The molecule has 0 spiro atoms. The molecule has 16 heavy (non-hydrogen) atoms. The maximum Gasteiger partial charge on any atom is 0.303 e. The van der Waals surface area contributed by atoms with Crippen LogP contribution in [0.1, 0.15) is 41.5 Å². The Morgan fingerprint density at radius 1 is 0.875 bits per heavy atom. The van der Waals surface area contributed by atoms with Gasteiger partial charge < -0.3 is 4.74 Å². The van der Waals surface area contributed by atoms with E-state index in [1.54, 1.807) is 0 Å². The zero-order chi connectivity index (χ0) is 13.0. The molecule has 0 aliphatic carbocycles. The maximum atomic E-state index is 10.2. The van der Waals surface area contributed by atoms with Crippen LogP contribution >= 0.6 is 0 Å². The standard InChI is InChI=1S/C6H12O2.C6H6.C2H6/c1-5(7)8-6(2,3)4;1-2-4-6-5-3-1;1-2/h1-4H3;1-6H;1-2H3. The lowest BCUT2D eigenvalue weighted by Crippen LogP contribution is -2.21. The summed E-state index contributed by atoms with van der Waals surface area (Å²) in [5.41, 5.74) is -0.328. The molecule has 0 unspecified atom stereocenters. The first-order valence-corrected chi connectivity index (χ1v) is 5.61. The summed E-state index contributed by atoms with van der Waals surface area (Å²) < 4.78 is 4.80. The van der Waals surface area contributed by atoms with Gasteiger partial charge in [-0.2, -0.15) is 0 Å². The fourth-order valence-corrected chi connectivity index (χ4v) is 0.816. The second-order valence-electron chi connectivity index (χ2n) is 3.86. The molecule has 0 fully saturated rings. The van der Waals surface area contributed by atoms with Crippen molar-refractivity contribution in [3.8, 4) is 0 Å². The van der Waals surface area contributed by atoms with E-state index in [4.69, 9.17) is 4.74 Å². The van der Waals surface area contributed by atoms with Crippen LogP contribution in [0, 0.1) is 0 Å². The molecule has 0 saturated carbocycles.